The summed E-state index contributed by atoms with van der Waals surface area (Å²) < 4.78 is 5.63. The van der Waals surface area contributed by atoms with Crippen LogP contribution >= 0.6 is 11.3 Å². The van der Waals surface area contributed by atoms with Gasteiger partial charge in [0.2, 0.25) is 0 Å². The summed E-state index contributed by atoms with van der Waals surface area (Å²) in [5.41, 5.74) is 7.08. The van der Waals surface area contributed by atoms with E-state index in [1.54, 1.807) is 17.5 Å². The number of aliphatic imine (C=N–C) groups is 1. The topological polar surface area (TPSA) is 72.5 Å². The average molecular weight is 288 g/mol. The Labute approximate surface area is 121 Å². The average Bonchev–Trinajstić information content (AvgIpc) is 2.99. The highest BCUT2D eigenvalue weighted by Crippen LogP contribution is 2.31. The number of hydrogen-bond donors (Lipinski definition) is 2. The van der Waals surface area contributed by atoms with E-state index in [9.17, 15) is 0 Å². The van der Waals surface area contributed by atoms with E-state index in [-0.39, 0.29) is 6.04 Å². The van der Waals surface area contributed by atoms with Crippen LogP contribution in [0.4, 0.5) is 0 Å². The van der Waals surface area contributed by atoms with Gasteiger partial charge in [0, 0.05) is 23.6 Å². The summed E-state index contributed by atoms with van der Waals surface area (Å²) >= 11 is 1.58. The SMILES string of the molecule is NC(=NCc1nccs1)NC1CCOc2ccccc21. The second-order valence-electron chi connectivity index (χ2n) is 4.50. The molecule has 3 N–H and O–H groups in total. The van der Waals surface area contributed by atoms with Crippen LogP contribution in [0.25, 0.3) is 0 Å². The van der Waals surface area contributed by atoms with E-state index in [2.05, 4.69) is 21.4 Å². The first-order valence-corrected chi connectivity index (χ1v) is 7.37. The van der Waals surface area contributed by atoms with Crippen LogP contribution in [-0.4, -0.2) is 17.6 Å². The molecule has 6 heteroatoms. The summed E-state index contributed by atoms with van der Waals surface area (Å²) in [6.07, 6.45) is 2.65. The van der Waals surface area contributed by atoms with E-state index < -0.39 is 0 Å². The van der Waals surface area contributed by atoms with E-state index in [4.69, 9.17) is 10.5 Å². The Kier molecular flexibility index (Phi) is 3.83. The van der Waals surface area contributed by atoms with E-state index in [1.165, 1.54) is 0 Å². The summed E-state index contributed by atoms with van der Waals surface area (Å²) in [7, 11) is 0. The number of para-hydroxylation sites is 1. The highest BCUT2D eigenvalue weighted by Gasteiger charge is 2.21. The molecule has 0 saturated heterocycles. The standard InChI is InChI=1S/C14H16N4OS/c15-14(17-9-13-16-6-8-20-13)18-11-5-7-19-12-4-2-1-3-10(11)12/h1-4,6,8,11H,5,7,9H2,(H3,15,17,18). The lowest BCUT2D eigenvalue weighted by Gasteiger charge is -2.26. The molecule has 2 aromatic rings. The molecular weight excluding hydrogens is 272 g/mol. The van der Waals surface area contributed by atoms with E-state index in [0.29, 0.717) is 19.1 Å². The monoisotopic (exact) mass is 288 g/mol. The fourth-order valence-electron chi connectivity index (χ4n) is 2.20. The Morgan fingerprint density at radius 1 is 1.50 bits per heavy atom. The number of aromatic nitrogens is 1. The third-order valence-electron chi connectivity index (χ3n) is 3.15. The molecular formula is C14H16N4OS. The minimum Gasteiger partial charge on any atom is -0.493 e. The molecule has 0 fully saturated rings. The lowest BCUT2D eigenvalue weighted by molar-refractivity contribution is 0.262. The molecule has 0 spiro atoms. The summed E-state index contributed by atoms with van der Waals surface area (Å²) in [5, 5.41) is 6.16. The Bertz CT molecular complexity index is 597. The number of rotatable bonds is 3. The zero-order valence-corrected chi connectivity index (χ0v) is 11.8. The molecule has 0 saturated carbocycles. The number of fused-ring (bicyclic) bond motifs is 1. The van der Waals surface area contributed by atoms with E-state index in [1.807, 2.05) is 23.6 Å². The van der Waals surface area contributed by atoms with Gasteiger partial charge < -0.3 is 15.8 Å². The van der Waals surface area contributed by atoms with Crippen molar-refractivity contribution in [3.63, 3.8) is 0 Å². The number of ether oxygens (including phenoxy) is 1. The molecule has 1 atom stereocenters. The highest BCUT2D eigenvalue weighted by atomic mass is 32.1. The number of hydrogen-bond acceptors (Lipinski definition) is 4. The molecule has 1 aromatic heterocycles. The van der Waals surface area contributed by atoms with Gasteiger partial charge in [-0.3, -0.25) is 0 Å². The van der Waals surface area contributed by atoms with Gasteiger partial charge in [0.05, 0.1) is 19.2 Å². The first kappa shape index (κ1) is 12.9. The lowest BCUT2D eigenvalue weighted by atomic mass is 10.0. The Morgan fingerprint density at radius 3 is 3.25 bits per heavy atom. The fraction of sp³-hybridized carbons (Fsp3) is 0.286. The van der Waals surface area contributed by atoms with Gasteiger partial charge in [-0.15, -0.1) is 11.3 Å². The van der Waals surface area contributed by atoms with E-state index >= 15 is 0 Å². The lowest BCUT2D eigenvalue weighted by Crippen LogP contribution is -2.37. The van der Waals surface area contributed by atoms with Crippen molar-refractivity contribution in [1.82, 2.24) is 10.3 Å². The predicted molar refractivity (Wildman–Crippen MR) is 79.9 cm³/mol. The largest absolute Gasteiger partial charge is 0.493 e. The van der Waals surface area contributed by atoms with Crippen molar-refractivity contribution in [2.45, 2.75) is 19.0 Å². The van der Waals surface area contributed by atoms with Crippen LogP contribution in [-0.2, 0) is 6.54 Å². The van der Waals surface area contributed by atoms with Crippen LogP contribution in [0, 0.1) is 0 Å². The van der Waals surface area contributed by atoms with E-state index in [0.717, 1.165) is 22.7 Å². The molecule has 3 rings (SSSR count). The summed E-state index contributed by atoms with van der Waals surface area (Å²) in [6.45, 7) is 1.20. The summed E-state index contributed by atoms with van der Waals surface area (Å²) in [5.74, 6) is 1.37. The number of benzene rings is 1. The maximum absolute atomic E-state index is 5.95. The minimum absolute atomic E-state index is 0.153. The molecule has 104 valence electrons. The van der Waals surface area contributed by atoms with Gasteiger partial charge in [0.1, 0.15) is 10.8 Å². The normalized spacial score (nSPS) is 18.2. The molecule has 0 radical (unpaired) electrons. The third-order valence-corrected chi connectivity index (χ3v) is 3.91. The van der Waals surface area contributed by atoms with Gasteiger partial charge in [-0.2, -0.15) is 0 Å². The molecule has 2 heterocycles. The number of nitrogens with two attached hydrogens (primary N) is 1. The first-order valence-electron chi connectivity index (χ1n) is 6.49. The molecule has 1 aromatic carbocycles. The molecule has 0 bridgehead atoms. The number of guanidine groups is 1. The van der Waals surface area contributed by atoms with Gasteiger partial charge in [-0.25, -0.2) is 9.98 Å². The van der Waals surface area contributed by atoms with Gasteiger partial charge in [0.25, 0.3) is 0 Å². The van der Waals surface area contributed by atoms with Crippen LogP contribution in [0.5, 0.6) is 5.75 Å². The fourth-order valence-corrected chi connectivity index (χ4v) is 2.74. The van der Waals surface area contributed by atoms with Crippen LogP contribution in [0.1, 0.15) is 23.0 Å². The van der Waals surface area contributed by atoms with Gasteiger partial charge >= 0.3 is 0 Å². The maximum Gasteiger partial charge on any atom is 0.189 e. The van der Waals surface area contributed by atoms with Crippen LogP contribution in [0.3, 0.4) is 0 Å². The smallest absolute Gasteiger partial charge is 0.189 e. The van der Waals surface area contributed by atoms with Gasteiger partial charge in [0.15, 0.2) is 5.96 Å². The maximum atomic E-state index is 5.95. The highest BCUT2D eigenvalue weighted by molar-refractivity contribution is 7.09. The zero-order chi connectivity index (χ0) is 13.8. The van der Waals surface area contributed by atoms with Crippen molar-refractivity contribution in [3.05, 3.63) is 46.4 Å². The van der Waals surface area contributed by atoms with Gasteiger partial charge in [-0.05, 0) is 6.07 Å². The van der Waals surface area contributed by atoms with Crippen molar-refractivity contribution in [1.29, 1.82) is 0 Å². The number of nitrogens with one attached hydrogen (secondary N) is 1. The molecule has 0 aliphatic carbocycles. The second kappa shape index (κ2) is 5.92. The predicted octanol–water partition coefficient (Wildman–Crippen LogP) is 2.07. The zero-order valence-electron chi connectivity index (χ0n) is 11.0. The Hall–Kier alpha value is -2.08. The number of thiazole rings is 1. The molecule has 1 unspecified atom stereocenters. The molecule has 20 heavy (non-hydrogen) atoms. The summed E-state index contributed by atoms with van der Waals surface area (Å²) in [6, 6.07) is 8.17. The molecule has 1 aliphatic rings. The molecule has 1 aliphatic heterocycles. The summed E-state index contributed by atoms with van der Waals surface area (Å²) in [4.78, 5) is 8.50. The van der Waals surface area contributed by atoms with Crippen molar-refractivity contribution in [3.8, 4) is 5.75 Å². The van der Waals surface area contributed by atoms with Crippen molar-refractivity contribution >= 4 is 17.3 Å². The second-order valence-corrected chi connectivity index (χ2v) is 5.48. The van der Waals surface area contributed by atoms with Crippen molar-refractivity contribution in [2.75, 3.05) is 6.61 Å². The van der Waals surface area contributed by atoms with Crippen molar-refractivity contribution in [2.24, 2.45) is 10.7 Å². The Morgan fingerprint density at radius 2 is 2.40 bits per heavy atom. The van der Waals surface area contributed by atoms with Crippen LogP contribution in [0.15, 0.2) is 40.8 Å². The first-order chi connectivity index (χ1) is 9.83. The van der Waals surface area contributed by atoms with Crippen molar-refractivity contribution < 1.29 is 4.74 Å². The third kappa shape index (κ3) is 2.91. The minimum atomic E-state index is 0.153. The molecule has 0 amide bonds. The quantitative estimate of drug-likeness (QED) is 0.670. The number of nitrogens with zero attached hydrogens (tertiary/aromatic N) is 2. The van der Waals surface area contributed by atoms with Crippen LogP contribution < -0.4 is 15.8 Å². The van der Waals surface area contributed by atoms with Crippen LogP contribution in [0.2, 0.25) is 0 Å². The van der Waals surface area contributed by atoms with Gasteiger partial charge in [-0.1, -0.05) is 18.2 Å². The Balaban J connectivity index is 1.67. The molecule has 5 nitrogen and oxygen atoms in total.